The molecule has 1 unspecified atom stereocenters. The summed E-state index contributed by atoms with van der Waals surface area (Å²) >= 11 is 0. The summed E-state index contributed by atoms with van der Waals surface area (Å²) in [5, 5.41) is 0. The van der Waals surface area contributed by atoms with Gasteiger partial charge in [0.2, 0.25) is 0 Å². The smallest absolute Gasteiger partial charge is 0.0320 e. The molecular formula is C13H24. The normalized spacial score (nSPS) is 15.2. The molecule has 76 valence electrons. The topological polar surface area (TPSA) is 0 Å². The molecule has 0 aliphatic heterocycles. The molecule has 0 saturated heterocycles. The molecule has 0 saturated carbocycles. The number of hydrogen-bond donors (Lipinski definition) is 0. The van der Waals surface area contributed by atoms with E-state index in [4.69, 9.17) is 0 Å². The van der Waals surface area contributed by atoms with Crippen LogP contribution >= 0.6 is 0 Å². The average Bonchev–Trinajstić information content (AvgIpc) is 2.17. The largest absolute Gasteiger partial charge is 0.0917 e. The molecule has 0 N–H and O–H groups in total. The molecule has 0 rings (SSSR count). The minimum atomic E-state index is 0.881. The van der Waals surface area contributed by atoms with Crippen molar-refractivity contribution in [2.45, 2.75) is 53.4 Å². The van der Waals surface area contributed by atoms with Crippen LogP contribution in [0.3, 0.4) is 0 Å². The van der Waals surface area contributed by atoms with E-state index in [1.54, 1.807) is 0 Å². The van der Waals surface area contributed by atoms with Gasteiger partial charge in [0.25, 0.3) is 0 Å². The minimum absolute atomic E-state index is 0.881. The highest BCUT2D eigenvalue weighted by Crippen LogP contribution is 2.18. The van der Waals surface area contributed by atoms with Crippen molar-refractivity contribution in [3.05, 3.63) is 23.8 Å². The van der Waals surface area contributed by atoms with Crippen LogP contribution in [0.2, 0.25) is 0 Å². The maximum atomic E-state index is 2.29. The molecule has 0 aliphatic carbocycles. The zero-order valence-corrected chi connectivity index (χ0v) is 9.64. The maximum Gasteiger partial charge on any atom is -0.0320 e. The Hall–Kier alpha value is -0.520. The van der Waals surface area contributed by atoms with E-state index in [2.05, 4.69) is 45.9 Å². The third kappa shape index (κ3) is 6.62. The van der Waals surface area contributed by atoms with Crippen LogP contribution in [0.4, 0.5) is 0 Å². The van der Waals surface area contributed by atoms with Crippen LogP contribution in [0.15, 0.2) is 23.8 Å². The number of hydrogen-bond acceptors (Lipinski definition) is 0. The van der Waals surface area contributed by atoms with Crippen LogP contribution in [-0.2, 0) is 0 Å². The van der Waals surface area contributed by atoms with Crippen molar-refractivity contribution in [1.29, 1.82) is 0 Å². The standard InChI is InChI=1S/C13H24/c1-5-8-9-13(7-3)11-10-12(4)6-2/h5-6,8,13H,7,9-11H2,1-4H3/b8-5-,12-6+. The van der Waals surface area contributed by atoms with Gasteiger partial charge >= 0.3 is 0 Å². The molecular weight excluding hydrogens is 156 g/mol. The lowest BCUT2D eigenvalue weighted by atomic mass is 9.94. The molecule has 0 heterocycles. The van der Waals surface area contributed by atoms with E-state index in [-0.39, 0.29) is 0 Å². The van der Waals surface area contributed by atoms with Crippen molar-refractivity contribution < 1.29 is 0 Å². The summed E-state index contributed by atoms with van der Waals surface area (Å²) in [6.07, 6.45) is 11.8. The summed E-state index contributed by atoms with van der Waals surface area (Å²) in [5.41, 5.74) is 1.53. The van der Waals surface area contributed by atoms with Gasteiger partial charge in [0.05, 0.1) is 0 Å². The molecule has 0 amide bonds. The van der Waals surface area contributed by atoms with Gasteiger partial charge in [-0.1, -0.05) is 37.1 Å². The van der Waals surface area contributed by atoms with E-state index in [9.17, 15) is 0 Å². The summed E-state index contributed by atoms with van der Waals surface area (Å²) in [4.78, 5) is 0. The average molecular weight is 180 g/mol. The van der Waals surface area contributed by atoms with Crippen molar-refractivity contribution in [2.75, 3.05) is 0 Å². The quantitative estimate of drug-likeness (QED) is 0.519. The molecule has 0 aromatic heterocycles. The summed E-state index contributed by atoms with van der Waals surface area (Å²) in [5.74, 6) is 0.881. The van der Waals surface area contributed by atoms with Crippen LogP contribution in [0.1, 0.15) is 53.4 Å². The summed E-state index contributed by atoms with van der Waals surface area (Å²) in [6.45, 7) is 8.74. The maximum absolute atomic E-state index is 2.29. The first-order valence-corrected chi connectivity index (χ1v) is 5.47. The van der Waals surface area contributed by atoms with Crippen molar-refractivity contribution in [1.82, 2.24) is 0 Å². The summed E-state index contributed by atoms with van der Waals surface area (Å²) < 4.78 is 0. The van der Waals surface area contributed by atoms with Crippen molar-refractivity contribution in [3.8, 4) is 0 Å². The van der Waals surface area contributed by atoms with E-state index < -0.39 is 0 Å². The molecule has 0 heteroatoms. The van der Waals surface area contributed by atoms with Crippen LogP contribution in [0.25, 0.3) is 0 Å². The number of allylic oxidation sites excluding steroid dienone is 4. The highest BCUT2D eigenvalue weighted by molar-refractivity contribution is 4.95. The third-order valence-corrected chi connectivity index (χ3v) is 2.72. The molecule has 0 bridgehead atoms. The number of rotatable bonds is 6. The van der Waals surface area contributed by atoms with E-state index in [0.717, 1.165) is 5.92 Å². The predicted octanol–water partition coefficient (Wildman–Crippen LogP) is 4.73. The van der Waals surface area contributed by atoms with Crippen LogP contribution in [-0.4, -0.2) is 0 Å². The Morgan fingerprint density at radius 3 is 2.46 bits per heavy atom. The second-order valence-corrected chi connectivity index (χ2v) is 3.75. The molecule has 0 radical (unpaired) electrons. The molecule has 0 nitrogen and oxygen atoms in total. The highest BCUT2D eigenvalue weighted by atomic mass is 14.1. The summed E-state index contributed by atoms with van der Waals surface area (Å²) in [6, 6.07) is 0. The van der Waals surface area contributed by atoms with E-state index in [1.165, 1.54) is 31.3 Å². The Balaban J connectivity index is 3.71. The molecule has 1 atom stereocenters. The molecule has 0 fully saturated rings. The van der Waals surface area contributed by atoms with Gasteiger partial charge in [-0.15, -0.1) is 0 Å². The lowest BCUT2D eigenvalue weighted by Crippen LogP contribution is -1.97. The Morgan fingerprint density at radius 1 is 1.31 bits per heavy atom. The fraction of sp³-hybridized carbons (Fsp3) is 0.692. The summed E-state index contributed by atoms with van der Waals surface area (Å²) in [7, 11) is 0. The lowest BCUT2D eigenvalue weighted by molar-refractivity contribution is 0.475. The highest BCUT2D eigenvalue weighted by Gasteiger charge is 2.03. The third-order valence-electron chi connectivity index (χ3n) is 2.72. The Kier molecular flexibility index (Phi) is 7.77. The van der Waals surface area contributed by atoms with Crippen LogP contribution in [0.5, 0.6) is 0 Å². The van der Waals surface area contributed by atoms with Crippen LogP contribution < -0.4 is 0 Å². The fourth-order valence-corrected chi connectivity index (χ4v) is 1.39. The second-order valence-electron chi connectivity index (χ2n) is 3.75. The van der Waals surface area contributed by atoms with Gasteiger partial charge < -0.3 is 0 Å². The van der Waals surface area contributed by atoms with Gasteiger partial charge in [-0.05, 0) is 46.0 Å². The Bertz CT molecular complexity index is 163. The molecule has 0 aromatic carbocycles. The van der Waals surface area contributed by atoms with Crippen molar-refractivity contribution >= 4 is 0 Å². The lowest BCUT2D eigenvalue weighted by Gasteiger charge is -2.12. The molecule has 13 heavy (non-hydrogen) atoms. The second kappa shape index (κ2) is 8.10. The Labute approximate surface area is 83.7 Å². The van der Waals surface area contributed by atoms with E-state index >= 15 is 0 Å². The van der Waals surface area contributed by atoms with Gasteiger partial charge in [0.15, 0.2) is 0 Å². The first kappa shape index (κ1) is 12.5. The molecule has 0 aliphatic rings. The minimum Gasteiger partial charge on any atom is -0.0917 e. The van der Waals surface area contributed by atoms with Gasteiger partial charge in [-0.25, -0.2) is 0 Å². The van der Waals surface area contributed by atoms with E-state index in [1.807, 2.05) is 0 Å². The van der Waals surface area contributed by atoms with Gasteiger partial charge in [0, 0.05) is 0 Å². The predicted molar refractivity (Wildman–Crippen MR) is 61.9 cm³/mol. The zero-order chi connectivity index (χ0) is 10.1. The monoisotopic (exact) mass is 180 g/mol. The zero-order valence-electron chi connectivity index (χ0n) is 9.64. The van der Waals surface area contributed by atoms with Gasteiger partial charge in [-0.2, -0.15) is 0 Å². The first-order chi connectivity index (χ1) is 6.24. The molecule has 0 aromatic rings. The van der Waals surface area contributed by atoms with Crippen molar-refractivity contribution in [3.63, 3.8) is 0 Å². The van der Waals surface area contributed by atoms with Gasteiger partial charge in [-0.3, -0.25) is 0 Å². The first-order valence-electron chi connectivity index (χ1n) is 5.47. The fourth-order valence-electron chi connectivity index (χ4n) is 1.39. The van der Waals surface area contributed by atoms with Crippen LogP contribution in [0, 0.1) is 5.92 Å². The van der Waals surface area contributed by atoms with E-state index in [0.29, 0.717) is 0 Å². The molecule has 0 spiro atoms. The Morgan fingerprint density at radius 2 is 2.00 bits per heavy atom. The SMILES string of the molecule is C/C=C\CC(CC)CC/C(C)=C/C. The van der Waals surface area contributed by atoms with Crippen molar-refractivity contribution in [2.24, 2.45) is 5.92 Å². The van der Waals surface area contributed by atoms with Gasteiger partial charge in [0.1, 0.15) is 0 Å².